The Bertz CT molecular complexity index is 213. The molecule has 0 spiro atoms. The van der Waals surface area contributed by atoms with E-state index in [0.29, 0.717) is 6.04 Å². The summed E-state index contributed by atoms with van der Waals surface area (Å²) < 4.78 is 2.07. The van der Waals surface area contributed by atoms with E-state index in [4.69, 9.17) is 0 Å². The Morgan fingerprint density at radius 2 is 2.27 bits per heavy atom. The first-order valence-corrected chi connectivity index (χ1v) is 4.02. The first-order chi connectivity index (χ1) is 5.18. The van der Waals surface area contributed by atoms with Crippen LogP contribution in [0.4, 0.5) is 0 Å². The maximum absolute atomic E-state index is 3.36. The molecule has 0 radical (unpaired) electrons. The van der Waals surface area contributed by atoms with Crippen LogP contribution in [0.1, 0.15) is 19.4 Å². The Morgan fingerprint density at radius 3 is 2.73 bits per heavy atom. The summed E-state index contributed by atoms with van der Waals surface area (Å²) in [6, 6.07) is 2.70. The second-order valence-electron chi connectivity index (χ2n) is 3.22. The van der Waals surface area contributed by atoms with Crippen molar-refractivity contribution in [1.29, 1.82) is 0 Å². The highest BCUT2D eigenvalue weighted by atomic mass is 14.9. The Balaban J connectivity index is 2.39. The Labute approximate surface area is 68.2 Å². The largest absolute Gasteiger partial charge is 0.357 e. The summed E-state index contributed by atoms with van der Waals surface area (Å²) in [5.41, 5.74) is 1.35. The van der Waals surface area contributed by atoms with Crippen molar-refractivity contribution in [2.75, 3.05) is 0 Å². The van der Waals surface area contributed by atoms with Gasteiger partial charge in [0.2, 0.25) is 0 Å². The van der Waals surface area contributed by atoms with Gasteiger partial charge in [-0.2, -0.15) is 0 Å². The van der Waals surface area contributed by atoms with Crippen molar-refractivity contribution in [3.05, 3.63) is 24.0 Å². The molecule has 0 aromatic carbocycles. The Morgan fingerprint density at radius 1 is 1.55 bits per heavy atom. The number of aromatic nitrogens is 1. The summed E-state index contributed by atoms with van der Waals surface area (Å²) >= 11 is 0. The molecule has 1 N–H and O–H groups in total. The summed E-state index contributed by atoms with van der Waals surface area (Å²) in [5.74, 6) is 0. The van der Waals surface area contributed by atoms with E-state index in [1.54, 1.807) is 0 Å². The average Bonchev–Trinajstić information content (AvgIpc) is 2.31. The average molecular weight is 152 g/mol. The summed E-state index contributed by atoms with van der Waals surface area (Å²) in [6.45, 7) is 5.28. The third-order valence-corrected chi connectivity index (χ3v) is 1.61. The van der Waals surface area contributed by atoms with Crippen molar-refractivity contribution in [3.63, 3.8) is 0 Å². The van der Waals surface area contributed by atoms with Crippen molar-refractivity contribution < 1.29 is 0 Å². The zero-order valence-corrected chi connectivity index (χ0v) is 7.46. The van der Waals surface area contributed by atoms with Crippen LogP contribution in [0, 0.1) is 0 Å². The summed E-state index contributed by atoms with van der Waals surface area (Å²) in [5, 5.41) is 3.36. The second kappa shape index (κ2) is 3.58. The van der Waals surface area contributed by atoms with Crippen LogP contribution in [-0.2, 0) is 13.6 Å². The van der Waals surface area contributed by atoms with E-state index in [1.807, 2.05) is 7.05 Å². The molecule has 1 aromatic heterocycles. The molecule has 62 valence electrons. The predicted molar refractivity (Wildman–Crippen MR) is 47.4 cm³/mol. The number of aryl methyl sites for hydroxylation is 1. The lowest BCUT2D eigenvalue weighted by Crippen LogP contribution is -2.21. The van der Waals surface area contributed by atoms with Crippen LogP contribution in [0.3, 0.4) is 0 Å². The van der Waals surface area contributed by atoms with E-state index in [2.05, 4.69) is 42.2 Å². The smallest absolute Gasteiger partial charge is 0.0222 e. The highest BCUT2D eigenvalue weighted by Crippen LogP contribution is 1.98. The molecule has 1 aromatic rings. The Hall–Kier alpha value is -0.760. The third-order valence-electron chi connectivity index (χ3n) is 1.61. The molecule has 0 saturated carbocycles. The first kappa shape index (κ1) is 8.34. The van der Waals surface area contributed by atoms with Gasteiger partial charge in [-0.1, -0.05) is 13.8 Å². The normalized spacial score (nSPS) is 10.9. The maximum Gasteiger partial charge on any atom is 0.0222 e. The fourth-order valence-electron chi connectivity index (χ4n) is 0.987. The van der Waals surface area contributed by atoms with Gasteiger partial charge >= 0.3 is 0 Å². The lowest BCUT2D eigenvalue weighted by atomic mass is 10.3. The molecule has 0 aliphatic rings. The highest BCUT2D eigenvalue weighted by molar-refractivity contribution is 5.09. The van der Waals surface area contributed by atoms with Gasteiger partial charge in [-0.3, -0.25) is 0 Å². The molecule has 0 aliphatic carbocycles. The third kappa shape index (κ3) is 2.76. The lowest BCUT2D eigenvalue weighted by Gasteiger charge is -2.05. The molecular formula is C9H16N2. The molecule has 11 heavy (non-hydrogen) atoms. The SMILES string of the molecule is CC(C)NCc1ccn(C)c1. The van der Waals surface area contributed by atoms with E-state index in [9.17, 15) is 0 Å². The minimum Gasteiger partial charge on any atom is -0.357 e. The van der Waals surface area contributed by atoms with E-state index in [1.165, 1.54) is 5.56 Å². The zero-order chi connectivity index (χ0) is 8.27. The summed E-state index contributed by atoms with van der Waals surface area (Å²) in [6.07, 6.45) is 4.20. The molecular weight excluding hydrogens is 136 g/mol. The molecule has 1 heterocycles. The molecule has 2 heteroatoms. The van der Waals surface area contributed by atoms with E-state index in [-0.39, 0.29) is 0 Å². The van der Waals surface area contributed by atoms with Gasteiger partial charge in [-0.05, 0) is 11.6 Å². The van der Waals surface area contributed by atoms with Crippen LogP contribution in [0.5, 0.6) is 0 Å². The van der Waals surface area contributed by atoms with Crippen LogP contribution in [-0.4, -0.2) is 10.6 Å². The zero-order valence-electron chi connectivity index (χ0n) is 7.46. The minimum absolute atomic E-state index is 0.565. The van der Waals surface area contributed by atoms with Crippen molar-refractivity contribution in [3.8, 4) is 0 Å². The van der Waals surface area contributed by atoms with E-state index < -0.39 is 0 Å². The molecule has 0 aliphatic heterocycles. The van der Waals surface area contributed by atoms with Crippen molar-refractivity contribution in [2.45, 2.75) is 26.4 Å². The van der Waals surface area contributed by atoms with Crippen LogP contribution >= 0.6 is 0 Å². The molecule has 0 bridgehead atoms. The van der Waals surface area contributed by atoms with Crippen LogP contribution in [0.25, 0.3) is 0 Å². The second-order valence-corrected chi connectivity index (χ2v) is 3.22. The first-order valence-electron chi connectivity index (χ1n) is 4.02. The Kier molecular flexibility index (Phi) is 2.71. The lowest BCUT2D eigenvalue weighted by molar-refractivity contribution is 0.588. The number of rotatable bonds is 3. The predicted octanol–water partition coefficient (Wildman–Crippen LogP) is 1.52. The van der Waals surface area contributed by atoms with Gasteiger partial charge < -0.3 is 9.88 Å². The number of hydrogen-bond acceptors (Lipinski definition) is 1. The molecule has 2 nitrogen and oxygen atoms in total. The molecule has 1 rings (SSSR count). The molecule has 0 saturated heterocycles. The topological polar surface area (TPSA) is 17.0 Å². The van der Waals surface area contributed by atoms with Gasteiger partial charge in [0.25, 0.3) is 0 Å². The molecule has 0 fully saturated rings. The maximum atomic E-state index is 3.36. The van der Waals surface area contributed by atoms with Crippen LogP contribution in [0.2, 0.25) is 0 Å². The number of nitrogens with zero attached hydrogens (tertiary/aromatic N) is 1. The quantitative estimate of drug-likeness (QED) is 0.695. The van der Waals surface area contributed by atoms with Gasteiger partial charge in [0.05, 0.1) is 0 Å². The van der Waals surface area contributed by atoms with Crippen LogP contribution in [0.15, 0.2) is 18.5 Å². The monoisotopic (exact) mass is 152 g/mol. The van der Waals surface area contributed by atoms with Crippen molar-refractivity contribution in [2.24, 2.45) is 7.05 Å². The van der Waals surface area contributed by atoms with Gasteiger partial charge in [0.1, 0.15) is 0 Å². The number of hydrogen-bond donors (Lipinski definition) is 1. The van der Waals surface area contributed by atoms with Gasteiger partial charge in [0.15, 0.2) is 0 Å². The van der Waals surface area contributed by atoms with Gasteiger partial charge in [0, 0.05) is 32.0 Å². The molecule has 0 unspecified atom stereocenters. The summed E-state index contributed by atoms with van der Waals surface area (Å²) in [7, 11) is 2.04. The fraction of sp³-hybridized carbons (Fsp3) is 0.556. The molecule has 0 atom stereocenters. The highest BCUT2D eigenvalue weighted by Gasteiger charge is 1.95. The van der Waals surface area contributed by atoms with E-state index in [0.717, 1.165) is 6.54 Å². The minimum atomic E-state index is 0.565. The molecule has 0 amide bonds. The van der Waals surface area contributed by atoms with Crippen LogP contribution < -0.4 is 5.32 Å². The van der Waals surface area contributed by atoms with Crippen molar-refractivity contribution >= 4 is 0 Å². The number of nitrogens with one attached hydrogen (secondary N) is 1. The van der Waals surface area contributed by atoms with Gasteiger partial charge in [-0.15, -0.1) is 0 Å². The fourth-order valence-corrected chi connectivity index (χ4v) is 0.987. The standard InChI is InChI=1S/C9H16N2/c1-8(2)10-6-9-4-5-11(3)7-9/h4-5,7-8,10H,6H2,1-3H3. The summed E-state index contributed by atoms with van der Waals surface area (Å²) in [4.78, 5) is 0. The van der Waals surface area contributed by atoms with Crippen molar-refractivity contribution in [1.82, 2.24) is 9.88 Å². The van der Waals surface area contributed by atoms with E-state index >= 15 is 0 Å². The van der Waals surface area contributed by atoms with Gasteiger partial charge in [-0.25, -0.2) is 0 Å².